The largest absolute Gasteiger partial charge is 1.00 e. The van der Waals surface area contributed by atoms with Gasteiger partial charge in [-0.3, -0.25) is 9.59 Å². The van der Waals surface area contributed by atoms with Gasteiger partial charge in [-0.1, -0.05) is 18.2 Å². The molecule has 0 fully saturated rings. The maximum Gasteiger partial charge on any atom is 0.196 e. The number of quaternary nitrogens is 1. The van der Waals surface area contributed by atoms with Crippen LogP contribution < -0.4 is 22.6 Å². The molecule has 1 aromatic carbocycles. The van der Waals surface area contributed by atoms with Gasteiger partial charge in [0.15, 0.2) is 11.2 Å². The molecule has 0 amide bonds. The second-order valence-electron chi connectivity index (χ2n) is 7.73. The predicted molar refractivity (Wildman–Crippen MR) is 105 cm³/mol. The number of benzene rings is 1. The van der Waals surface area contributed by atoms with Crippen molar-refractivity contribution >= 4 is 33.3 Å². The number of ether oxygens (including phenoxy) is 1. The number of Topliss-reactive ketones (excluding diaryl/α,β-unsaturated/α-hetero) is 1. The number of allylic oxidation sites excluding steroid dienone is 1. The number of rotatable bonds is 5. The average molecular weight is 410 g/mol. The molecule has 5 nitrogen and oxygen atoms in total. The molecule has 0 spiro atoms. The highest BCUT2D eigenvalue weighted by molar-refractivity contribution is 7.20. The molecule has 1 heterocycles. The lowest BCUT2D eigenvalue weighted by molar-refractivity contribution is -0.873. The first kappa shape index (κ1) is 21.6. The fraction of sp³-hybridized carbons (Fsp3) is 0.400. The van der Waals surface area contributed by atoms with Crippen LogP contribution in [0.4, 0.5) is 0 Å². The molecule has 0 bridgehead atoms. The topological polar surface area (TPSA) is 63.6 Å². The number of aryl methyl sites for hydroxylation is 1. The molecule has 3 rings (SSSR count). The molecule has 0 radical (unpaired) electrons. The van der Waals surface area contributed by atoms with E-state index in [1.165, 1.54) is 11.3 Å². The lowest BCUT2D eigenvalue weighted by Crippen LogP contribution is -3.00. The summed E-state index contributed by atoms with van der Waals surface area (Å²) in [5, 5.41) is 10.8. The molecule has 27 heavy (non-hydrogen) atoms. The van der Waals surface area contributed by atoms with Crippen LogP contribution in [0.2, 0.25) is 0 Å². The normalized spacial score (nSPS) is 14.6. The summed E-state index contributed by atoms with van der Waals surface area (Å²) in [5.41, 5.74) is 1.20. The number of carbonyl (C=O) groups is 1. The number of aliphatic hydroxyl groups is 1. The van der Waals surface area contributed by atoms with Crippen molar-refractivity contribution in [2.45, 2.75) is 19.4 Å². The molecular formula is C20H24ClNO4S. The van der Waals surface area contributed by atoms with E-state index in [1.54, 1.807) is 12.2 Å². The summed E-state index contributed by atoms with van der Waals surface area (Å²) in [5.74, 6) is 0.502. The standard InChI is InChI=1S/C20H24NO4S.ClH/c1-12-8-9-16(25-11-13(22)10-21(2,3)4)20-17(12)18(24)14-6-5-7-15(23)19(14)26-20;/h5-6,8-9,13,22H,7,10-11H2,1-4H3;1H/q+1;/p-1. The fourth-order valence-electron chi connectivity index (χ4n) is 3.16. The zero-order valence-corrected chi connectivity index (χ0v) is 17.5. The van der Waals surface area contributed by atoms with Crippen molar-refractivity contribution < 1.29 is 31.5 Å². The summed E-state index contributed by atoms with van der Waals surface area (Å²) >= 11 is 1.31. The Morgan fingerprint density at radius 1 is 1.26 bits per heavy atom. The van der Waals surface area contributed by atoms with Crippen LogP contribution in [0, 0.1) is 6.92 Å². The Morgan fingerprint density at radius 3 is 2.63 bits per heavy atom. The van der Waals surface area contributed by atoms with Gasteiger partial charge in [0.25, 0.3) is 0 Å². The molecule has 1 aliphatic rings. The van der Waals surface area contributed by atoms with E-state index in [2.05, 4.69) is 0 Å². The Bertz CT molecular complexity index is 959. The van der Waals surface area contributed by atoms with E-state index in [0.717, 1.165) is 5.56 Å². The number of nitrogens with zero attached hydrogens (tertiary/aromatic N) is 1. The molecule has 146 valence electrons. The number of carbonyl (C=O) groups excluding carboxylic acids is 1. The SMILES string of the molecule is Cc1ccc(OCC(O)C[N+](C)(C)C)c2sc3c(c(=O)c12)C=CCC3=O.[Cl-]. The predicted octanol–water partition coefficient (Wildman–Crippen LogP) is -0.381. The average Bonchev–Trinajstić information content (AvgIpc) is 2.53. The molecule has 2 aromatic rings. The molecule has 0 aliphatic heterocycles. The zero-order chi connectivity index (χ0) is 19.1. The van der Waals surface area contributed by atoms with Gasteiger partial charge in [0.2, 0.25) is 0 Å². The molecule has 1 unspecified atom stereocenters. The van der Waals surface area contributed by atoms with Gasteiger partial charge < -0.3 is 26.7 Å². The quantitative estimate of drug-likeness (QED) is 0.684. The van der Waals surface area contributed by atoms with Crippen molar-refractivity contribution in [2.75, 3.05) is 34.3 Å². The van der Waals surface area contributed by atoms with Crippen LogP contribution in [0.25, 0.3) is 16.2 Å². The van der Waals surface area contributed by atoms with Crippen LogP contribution in [-0.4, -0.2) is 55.8 Å². The fourth-order valence-corrected chi connectivity index (χ4v) is 4.42. The van der Waals surface area contributed by atoms with Crippen LogP contribution in [0.1, 0.15) is 27.2 Å². The van der Waals surface area contributed by atoms with Gasteiger partial charge in [0.1, 0.15) is 25.0 Å². The first-order valence-electron chi connectivity index (χ1n) is 8.59. The Hall–Kier alpha value is -1.73. The van der Waals surface area contributed by atoms with E-state index < -0.39 is 6.10 Å². The van der Waals surface area contributed by atoms with Crippen molar-refractivity contribution in [2.24, 2.45) is 0 Å². The molecule has 1 atom stereocenters. The van der Waals surface area contributed by atoms with E-state index in [1.807, 2.05) is 40.2 Å². The highest BCUT2D eigenvalue weighted by Crippen LogP contribution is 2.34. The molecule has 0 saturated heterocycles. The Balaban J connectivity index is 0.00000261. The molecular weight excluding hydrogens is 386 g/mol. The third-order valence-electron chi connectivity index (χ3n) is 4.28. The lowest BCUT2D eigenvalue weighted by Gasteiger charge is -2.26. The molecule has 1 N–H and O–H groups in total. The third-order valence-corrected chi connectivity index (χ3v) is 5.54. The summed E-state index contributed by atoms with van der Waals surface area (Å²) in [6.07, 6.45) is 3.18. The smallest absolute Gasteiger partial charge is 0.196 e. The zero-order valence-electron chi connectivity index (χ0n) is 15.9. The van der Waals surface area contributed by atoms with E-state index in [-0.39, 0.29) is 30.2 Å². The lowest BCUT2D eigenvalue weighted by atomic mass is 10.0. The number of halogens is 1. The van der Waals surface area contributed by atoms with Gasteiger partial charge in [0, 0.05) is 17.4 Å². The van der Waals surface area contributed by atoms with E-state index >= 15 is 0 Å². The molecule has 7 heteroatoms. The van der Waals surface area contributed by atoms with Crippen molar-refractivity contribution in [3.05, 3.63) is 44.4 Å². The minimum Gasteiger partial charge on any atom is -1.00 e. The summed E-state index contributed by atoms with van der Waals surface area (Å²) in [6, 6.07) is 3.65. The van der Waals surface area contributed by atoms with Crippen LogP contribution >= 0.6 is 11.3 Å². The number of ketones is 1. The first-order chi connectivity index (χ1) is 12.2. The molecule has 0 saturated carbocycles. The summed E-state index contributed by atoms with van der Waals surface area (Å²) in [6.45, 7) is 2.57. The van der Waals surface area contributed by atoms with Crippen molar-refractivity contribution in [3.8, 4) is 5.75 Å². The van der Waals surface area contributed by atoms with Crippen molar-refractivity contribution in [3.63, 3.8) is 0 Å². The summed E-state index contributed by atoms with van der Waals surface area (Å²) in [4.78, 5) is 25.6. The van der Waals surface area contributed by atoms with Gasteiger partial charge >= 0.3 is 0 Å². The van der Waals surface area contributed by atoms with Crippen LogP contribution in [0.5, 0.6) is 5.75 Å². The first-order valence-corrected chi connectivity index (χ1v) is 9.40. The van der Waals surface area contributed by atoms with Gasteiger partial charge in [-0.2, -0.15) is 0 Å². The van der Waals surface area contributed by atoms with Gasteiger partial charge in [0.05, 0.1) is 30.7 Å². The Labute approximate surface area is 168 Å². The molecule has 1 aromatic heterocycles. The number of fused-ring (bicyclic) bond motifs is 2. The second kappa shape index (κ2) is 8.10. The highest BCUT2D eigenvalue weighted by Gasteiger charge is 2.22. The summed E-state index contributed by atoms with van der Waals surface area (Å²) in [7, 11) is 6.01. The van der Waals surface area contributed by atoms with Gasteiger partial charge in [-0.25, -0.2) is 0 Å². The van der Waals surface area contributed by atoms with Crippen LogP contribution in [0.15, 0.2) is 23.0 Å². The number of aliphatic hydroxyl groups excluding tert-OH is 1. The van der Waals surface area contributed by atoms with Crippen LogP contribution in [0.3, 0.4) is 0 Å². The van der Waals surface area contributed by atoms with Crippen molar-refractivity contribution in [1.29, 1.82) is 0 Å². The number of hydrogen-bond acceptors (Lipinski definition) is 5. The minimum atomic E-state index is -0.620. The van der Waals surface area contributed by atoms with E-state index in [9.17, 15) is 14.7 Å². The second-order valence-corrected chi connectivity index (χ2v) is 8.75. The third kappa shape index (κ3) is 4.58. The minimum absolute atomic E-state index is 0. The maximum absolute atomic E-state index is 12.9. The highest BCUT2D eigenvalue weighted by atomic mass is 35.5. The Kier molecular flexibility index (Phi) is 6.47. The van der Waals surface area contributed by atoms with E-state index in [4.69, 9.17) is 4.74 Å². The number of likely N-dealkylation sites (N-methyl/N-ethyl adjacent to an activating group) is 1. The van der Waals surface area contributed by atoms with Gasteiger partial charge in [-0.05, 0) is 18.6 Å². The number of hydrogen-bond donors (Lipinski definition) is 1. The van der Waals surface area contributed by atoms with Crippen molar-refractivity contribution in [1.82, 2.24) is 0 Å². The Morgan fingerprint density at radius 2 is 1.96 bits per heavy atom. The van der Waals surface area contributed by atoms with Gasteiger partial charge in [-0.15, -0.1) is 11.3 Å². The van der Waals surface area contributed by atoms with Crippen LogP contribution in [-0.2, 0) is 0 Å². The maximum atomic E-state index is 12.9. The monoisotopic (exact) mass is 409 g/mol. The van der Waals surface area contributed by atoms with E-state index in [0.29, 0.717) is 43.7 Å². The summed E-state index contributed by atoms with van der Waals surface area (Å²) < 4.78 is 7.15. The molecule has 1 aliphatic carbocycles.